The number of carbonyl (C=O) groups excluding carboxylic acids is 1. The van der Waals surface area contributed by atoms with Crippen LogP contribution in [0.3, 0.4) is 0 Å². The van der Waals surface area contributed by atoms with Gasteiger partial charge in [-0.05, 0) is 37.0 Å². The lowest BCUT2D eigenvalue weighted by Crippen LogP contribution is -2.52. The van der Waals surface area contributed by atoms with Crippen molar-refractivity contribution in [3.05, 3.63) is 65.5 Å². The smallest absolute Gasteiger partial charge is 0.410 e. The number of pyridine rings is 1. The third-order valence-electron chi connectivity index (χ3n) is 5.63. The van der Waals surface area contributed by atoms with E-state index < -0.39 is 5.60 Å². The molecule has 5 heteroatoms. The minimum absolute atomic E-state index is 0.00318. The number of aromatic nitrogens is 1. The Bertz CT molecular complexity index is 779. The predicted octanol–water partition coefficient (Wildman–Crippen LogP) is 3.54. The van der Waals surface area contributed by atoms with Crippen molar-refractivity contribution in [1.82, 2.24) is 9.88 Å². The average Bonchev–Trinajstić information content (AvgIpc) is 2.93. The van der Waals surface area contributed by atoms with Gasteiger partial charge in [0, 0.05) is 31.1 Å². The quantitative estimate of drug-likeness (QED) is 0.918. The van der Waals surface area contributed by atoms with Crippen molar-refractivity contribution < 1.29 is 14.6 Å². The molecule has 2 bridgehead atoms. The fourth-order valence-electron chi connectivity index (χ4n) is 4.48. The Hall–Kier alpha value is -2.40. The van der Waals surface area contributed by atoms with Gasteiger partial charge in [0.2, 0.25) is 0 Å². The molecule has 2 fully saturated rings. The molecule has 2 aliphatic heterocycles. The molecule has 0 saturated carbocycles. The van der Waals surface area contributed by atoms with E-state index in [1.807, 2.05) is 54.3 Å². The Kier molecular flexibility index (Phi) is 4.41. The summed E-state index contributed by atoms with van der Waals surface area (Å²) in [5, 5.41) is 11.3. The minimum Gasteiger partial charge on any atom is -0.445 e. The van der Waals surface area contributed by atoms with Gasteiger partial charge in [0.15, 0.2) is 0 Å². The standard InChI is InChI=1S/C21H24N2O3/c1-15-6-5-11-22-19(15)21(25)12-17-9-10-18(13-21)23(17)20(24)26-14-16-7-3-2-4-8-16/h2-8,11,17-18,25H,9-10,12-14H2,1H3. The van der Waals surface area contributed by atoms with Gasteiger partial charge in [0.05, 0.1) is 5.69 Å². The maximum atomic E-state index is 12.7. The fourth-order valence-corrected chi connectivity index (χ4v) is 4.48. The number of aryl methyl sites for hydroxylation is 1. The van der Waals surface area contributed by atoms with Crippen molar-refractivity contribution in [2.24, 2.45) is 0 Å². The van der Waals surface area contributed by atoms with Crippen LogP contribution in [0.4, 0.5) is 4.79 Å². The molecule has 3 heterocycles. The Morgan fingerprint density at radius 1 is 1.19 bits per heavy atom. The van der Waals surface area contributed by atoms with Crippen LogP contribution in [0, 0.1) is 6.92 Å². The first-order chi connectivity index (χ1) is 12.6. The maximum absolute atomic E-state index is 12.7. The van der Waals surface area contributed by atoms with Crippen LogP contribution in [-0.4, -0.2) is 33.2 Å². The summed E-state index contributed by atoms with van der Waals surface area (Å²) in [4.78, 5) is 18.9. The molecule has 2 saturated heterocycles. The van der Waals surface area contributed by atoms with E-state index in [4.69, 9.17) is 4.74 Å². The molecule has 1 aromatic heterocycles. The number of ether oxygens (including phenoxy) is 1. The molecule has 0 radical (unpaired) electrons. The molecule has 0 spiro atoms. The molecule has 1 aromatic carbocycles. The van der Waals surface area contributed by atoms with Gasteiger partial charge in [-0.25, -0.2) is 4.79 Å². The summed E-state index contributed by atoms with van der Waals surface area (Å²) in [6.07, 6.45) is 4.28. The van der Waals surface area contributed by atoms with E-state index in [9.17, 15) is 9.90 Å². The molecule has 5 nitrogen and oxygen atoms in total. The van der Waals surface area contributed by atoms with Crippen LogP contribution >= 0.6 is 0 Å². The molecule has 26 heavy (non-hydrogen) atoms. The first-order valence-electron chi connectivity index (χ1n) is 9.20. The summed E-state index contributed by atoms with van der Waals surface area (Å²) >= 11 is 0. The highest BCUT2D eigenvalue weighted by Gasteiger charge is 2.51. The van der Waals surface area contributed by atoms with E-state index >= 15 is 0 Å². The van der Waals surface area contributed by atoms with Gasteiger partial charge >= 0.3 is 6.09 Å². The molecular formula is C21H24N2O3. The minimum atomic E-state index is -0.965. The molecule has 4 rings (SSSR count). The van der Waals surface area contributed by atoms with Crippen LogP contribution in [0.5, 0.6) is 0 Å². The number of amides is 1. The number of carbonyl (C=O) groups is 1. The topological polar surface area (TPSA) is 62.7 Å². The van der Waals surface area contributed by atoms with Gasteiger partial charge in [0.1, 0.15) is 12.2 Å². The molecule has 1 N–H and O–H groups in total. The lowest BCUT2D eigenvalue weighted by Gasteiger charge is -2.43. The van der Waals surface area contributed by atoms with E-state index in [0.29, 0.717) is 12.8 Å². The van der Waals surface area contributed by atoms with E-state index in [-0.39, 0.29) is 24.8 Å². The summed E-state index contributed by atoms with van der Waals surface area (Å²) < 4.78 is 5.54. The second-order valence-corrected chi connectivity index (χ2v) is 7.44. The Balaban J connectivity index is 1.47. The molecule has 1 amide bonds. The summed E-state index contributed by atoms with van der Waals surface area (Å²) in [5.74, 6) is 0. The van der Waals surface area contributed by atoms with Gasteiger partial charge in [-0.2, -0.15) is 0 Å². The van der Waals surface area contributed by atoms with Gasteiger partial charge < -0.3 is 14.7 Å². The summed E-state index contributed by atoms with van der Waals surface area (Å²) in [6, 6.07) is 13.6. The summed E-state index contributed by atoms with van der Waals surface area (Å²) in [5.41, 5.74) is 1.75. The second kappa shape index (κ2) is 6.72. The molecule has 2 aromatic rings. The zero-order chi connectivity index (χ0) is 18.1. The number of nitrogens with zero attached hydrogens (tertiary/aromatic N) is 2. The van der Waals surface area contributed by atoms with Gasteiger partial charge in [-0.1, -0.05) is 36.4 Å². The number of aliphatic hydroxyl groups is 1. The lowest BCUT2D eigenvalue weighted by molar-refractivity contribution is -0.0568. The Labute approximate surface area is 153 Å². The normalized spacial score (nSPS) is 27.4. The van der Waals surface area contributed by atoms with Crippen molar-refractivity contribution in [3.8, 4) is 0 Å². The fraction of sp³-hybridized carbons (Fsp3) is 0.429. The SMILES string of the molecule is Cc1cccnc1C1(O)CC2CCC(C1)N2C(=O)OCc1ccccc1. The van der Waals surface area contributed by atoms with E-state index in [1.165, 1.54) is 0 Å². The van der Waals surface area contributed by atoms with Gasteiger partial charge in [-0.3, -0.25) is 4.98 Å². The number of benzene rings is 1. The Morgan fingerprint density at radius 3 is 2.54 bits per heavy atom. The number of hydrogen-bond acceptors (Lipinski definition) is 4. The monoisotopic (exact) mass is 352 g/mol. The van der Waals surface area contributed by atoms with Crippen LogP contribution in [0.25, 0.3) is 0 Å². The van der Waals surface area contributed by atoms with Crippen LogP contribution in [0.15, 0.2) is 48.7 Å². The third-order valence-corrected chi connectivity index (χ3v) is 5.63. The summed E-state index contributed by atoms with van der Waals surface area (Å²) in [7, 11) is 0. The molecule has 136 valence electrons. The van der Waals surface area contributed by atoms with Crippen LogP contribution in [0.2, 0.25) is 0 Å². The van der Waals surface area contributed by atoms with E-state index in [1.54, 1.807) is 6.20 Å². The number of piperidine rings is 1. The molecular weight excluding hydrogens is 328 g/mol. The highest BCUT2D eigenvalue weighted by molar-refractivity contribution is 5.69. The van der Waals surface area contributed by atoms with Crippen molar-refractivity contribution in [3.63, 3.8) is 0 Å². The van der Waals surface area contributed by atoms with Crippen LogP contribution < -0.4 is 0 Å². The predicted molar refractivity (Wildman–Crippen MR) is 97.4 cm³/mol. The van der Waals surface area contributed by atoms with Crippen LogP contribution in [0.1, 0.15) is 42.5 Å². The summed E-state index contributed by atoms with van der Waals surface area (Å²) in [6.45, 7) is 2.25. The zero-order valence-corrected chi connectivity index (χ0v) is 15.0. The van der Waals surface area contributed by atoms with Crippen molar-refractivity contribution in [2.45, 2.75) is 56.9 Å². The molecule has 2 unspecified atom stereocenters. The van der Waals surface area contributed by atoms with E-state index in [2.05, 4.69) is 4.98 Å². The zero-order valence-electron chi connectivity index (χ0n) is 15.0. The number of hydrogen-bond donors (Lipinski definition) is 1. The number of fused-ring (bicyclic) bond motifs is 2. The third kappa shape index (κ3) is 3.07. The highest BCUT2D eigenvalue weighted by atomic mass is 16.6. The molecule has 0 aliphatic carbocycles. The molecule has 2 aliphatic rings. The van der Waals surface area contributed by atoms with Crippen molar-refractivity contribution >= 4 is 6.09 Å². The average molecular weight is 352 g/mol. The van der Waals surface area contributed by atoms with Gasteiger partial charge in [0.25, 0.3) is 0 Å². The second-order valence-electron chi connectivity index (χ2n) is 7.44. The highest BCUT2D eigenvalue weighted by Crippen LogP contribution is 2.46. The lowest BCUT2D eigenvalue weighted by atomic mass is 9.82. The Morgan fingerprint density at radius 2 is 1.88 bits per heavy atom. The van der Waals surface area contributed by atoms with Crippen LogP contribution in [-0.2, 0) is 16.9 Å². The van der Waals surface area contributed by atoms with Crippen molar-refractivity contribution in [1.29, 1.82) is 0 Å². The largest absolute Gasteiger partial charge is 0.445 e. The maximum Gasteiger partial charge on any atom is 0.410 e. The first-order valence-corrected chi connectivity index (χ1v) is 9.20. The first kappa shape index (κ1) is 17.0. The van der Waals surface area contributed by atoms with Crippen molar-refractivity contribution in [2.75, 3.05) is 0 Å². The van der Waals surface area contributed by atoms with E-state index in [0.717, 1.165) is 29.7 Å². The molecule has 2 atom stereocenters. The number of rotatable bonds is 3. The van der Waals surface area contributed by atoms with Gasteiger partial charge in [-0.15, -0.1) is 0 Å².